The maximum absolute atomic E-state index is 12.4. The number of benzene rings is 2. The molecular weight excluding hydrogens is 310 g/mol. The van der Waals surface area contributed by atoms with Crippen molar-refractivity contribution in [1.29, 1.82) is 5.26 Å². The van der Waals surface area contributed by atoms with Crippen LogP contribution in [-0.4, -0.2) is 8.42 Å². The molecule has 0 radical (unpaired) electrons. The molecule has 0 aliphatic heterocycles. The average molecular weight is 322 g/mol. The van der Waals surface area contributed by atoms with Gasteiger partial charge < -0.3 is 5.73 Å². The summed E-state index contributed by atoms with van der Waals surface area (Å²) >= 11 is 5.93. The Morgan fingerprint density at radius 2 is 2.00 bits per heavy atom. The predicted octanol–water partition coefficient (Wildman–Crippen LogP) is 2.90. The highest BCUT2D eigenvalue weighted by atomic mass is 35.5. The third kappa shape index (κ3) is 3.10. The van der Waals surface area contributed by atoms with Gasteiger partial charge in [0.05, 0.1) is 22.3 Å². The first kappa shape index (κ1) is 15.2. The van der Waals surface area contributed by atoms with Crippen LogP contribution in [0.5, 0.6) is 0 Å². The second kappa shape index (κ2) is 5.64. The molecule has 7 heteroatoms. The summed E-state index contributed by atoms with van der Waals surface area (Å²) < 4.78 is 27.2. The fraction of sp³-hybridized carbons (Fsp3) is 0.0714. The van der Waals surface area contributed by atoms with E-state index in [2.05, 4.69) is 4.72 Å². The Labute approximate surface area is 128 Å². The normalized spacial score (nSPS) is 10.9. The van der Waals surface area contributed by atoms with Crippen molar-refractivity contribution >= 4 is 33.0 Å². The molecule has 2 rings (SSSR count). The monoisotopic (exact) mass is 321 g/mol. The average Bonchev–Trinajstić information content (AvgIpc) is 2.43. The summed E-state index contributed by atoms with van der Waals surface area (Å²) in [7, 11) is -3.86. The third-order valence-corrected chi connectivity index (χ3v) is 4.82. The zero-order valence-electron chi connectivity index (χ0n) is 11.1. The number of nitrogens with one attached hydrogen (secondary N) is 1. The first-order chi connectivity index (χ1) is 9.85. The number of nitriles is 1. The summed E-state index contributed by atoms with van der Waals surface area (Å²) in [6.45, 7) is 1.72. The lowest BCUT2D eigenvalue weighted by Gasteiger charge is -2.12. The predicted molar refractivity (Wildman–Crippen MR) is 82.6 cm³/mol. The van der Waals surface area contributed by atoms with Crippen LogP contribution in [0.25, 0.3) is 0 Å². The van der Waals surface area contributed by atoms with E-state index in [1.165, 1.54) is 18.2 Å². The molecule has 0 amide bonds. The number of hydrogen-bond acceptors (Lipinski definition) is 4. The molecule has 21 heavy (non-hydrogen) atoms. The Kier molecular flexibility index (Phi) is 4.07. The lowest BCUT2D eigenvalue weighted by Crippen LogP contribution is -2.14. The first-order valence-corrected chi connectivity index (χ1v) is 7.79. The van der Waals surface area contributed by atoms with Gasteiger partial charge >= 0.3 is 0 Å². The molecule has 0 bridgehead atoms. The van der Waals surface area contributed by atoms with E-state index < -0.39 is 10.0 Å². The largest absolute Gasteiger partial charge is 0.398 e. The third-order valence-electron chi connectivity index (χ3n) is 2.97. The lowest BCUT2D eigenvalue weighted by atomic mass is 10.2. The highest BCUT2D eigenvalue weighted by Crippen LogP contribution is 2.27. The molecule has 108 valence electrons. The van der Waals surface area contributed by atoms with Crippen molar-refractivity contribution in [3.8, 4) is 6.07 Å². The van der Waals surface area contributed by atoms with Gasteiger partial charge in [-0.25, -0.2) is 8.42 Å². The van der Waals surface area contributed by atoms with Gasteiger partial charge in [0.25, 0.3) is 10.0 Å². The Hall–Kier alpha value is -2.23. The van der Waals surface area contributed by atoms with E-state index in [-0.39, 0.29) is 9.92 Å². The van der Waals surface area contributed by atoms with E-state index >= 15 is 0 Å². The van der Waals surface area contributed by atoms with Crippen molar-refractivity contribution in [2.45, 2.75) is 11.8 Å². The molecule has 0 saturated heterocycles. The van der Waals surface area contributed by atoms with Gasteiger partial charge in [-0.15, -0.1) is 0 Å². The summed E-state index contributed by atoms with van der Waals surface area (Å²) in [6, 6.07) is 10.8. The molecular formula is C14H12ClN3O2S. The molecule has 0 saturated carbocycles. The van der Waals surface area contributed by atoms with Gasteiger partial charge in [-0.1, -0.05) is 17.7 Å². The number of rotatable bonds is 3. The van der Waals surface area contributed by atoms with Crippen LogP contribution in [0.1, 0.15) is 11.1 Å². The van der Waals surface area contributed by atoms with Crippen molar-refractivity contribution < 1.29 is 8.42 Å². The molecule has 0 aliphatic rings. The highest BCUT2D eigenvalue weighted by molar-refractivity contribution is 7.92. The topological polar surface area (TPSA) is 96.0 Å². The zero-order chi connectivity index (χ0) is 15.6. The van der Waals surface area contributed by atoms with E-state index in [1.54, 1.807) is 25.1 Å². The highest BCUT2D eigenvalue weighted by Gasteiger charge is 2.19. The van der Waals surface area contributed by atoms with Crippen LogP contribution >= 0.6 is 11.6 Å². The van der Waals surface area contributed by atoms with Crippen LogP contribution in [0.2, 0.25) is 5.02 Å². The summed E-state index contributed by atoms with van der Waals surface area (Å²) in [6.07, 6.45) is 0. The van der Waals surface area contributed by atoms with E-state index in [0.29, 0.717) is 22.5 Å². The van der Waals surface area contributed by atoms with Crippen molar-refractivity contribution in [2.75, 3.05) is 10.5 Å². The van der Waals surface area contributed by atoms with Gasteiger partial charge in [-0.05, 0) is 42.8 Å². The van der Waals surface area contributed by atoms with Crippen molar-refractivity contribution in [2.24, 2.45) is 0 Å². The Morgan fingerprint density at radius 3 is 2.62 bits per heavy atom. The number of hydrogen-bond donors (Lipinski definition) is 2. The molecule has 2 aromatic rings. The summed E-state index contributed by atoms with van der Waals surface area (Å²) in [5.74, 6) is 0. The smallest absolute Gasteiger partial charge is 0.263 e. The van der Waals surface area contributed by atoms with Crippen LogP contribution in [-0.2, 0) is 10.0 Å². The second-order valence-corrected chi connectivity index (χ2v) is 6.44. The lowest BCUT2D eigenvalue weighted by molar-refractivity contribution is 0.601. The van der Waals surface area contributed by atoms with Crippen LogP contribution < -0.4 is 10.5 Å². The molecule has 5 nitrogen and oxygen atoms in total. The summed E-state index contributed by atoms with van der Waals surface area (Å²) in [5, 5.41) is 8.76. The minimum atomic E-state index is -3.86. The fourth-order valence-corrected chi connectivity index (χ4v) is 3.42. The number of nitrogen functional groups attached to an aromatic ring is 1. The van der Waals surface area contributed by atoms with Crippen molar-refractivity contribution in [3.63, 3.8) is 0 Å². The number of nitrogens with zero attached hydrogens (tertiary/aromatic N) is 1. The van der Waals surface area contributed by atoms with Gasteiger partial charge in [-0.2, -0.15) is 5.26 Å². The minimum Gasteiger partial charge on any atom is -0.398 e. The molecule has 0 spiro atoms. The standard InChI is InChI=1S/C14H12ClN3O2S/c1-9-12(17)3-2-4-13(9)18-21(19,20)14-6-5-10(8-16)7-11(14)15/h2-7,18H,17H2,1H3. The summed E-state index contributed by atoms with van der Waals surface area (Å²) in [4.78, 5) is -0.0926. The molecule has 0 aliphatic carbocycles. The van der Waals surface area contributed by atoms with Crippen LogP contribution in [0.15, 0.2) is 41.3 Å². The number of nitrogens with two attached hydrogens (primary N) is 1. The van der Waals surface area contributed by atoms with E-state index in [1.807, 2.05) is 6.07 Å². The number of anilines is 2. The Bertz CT molecular complexity index is 842. The van der Waals surface area contributed by atoms with Gasteiger partial charge in [0.15, 0.2) is 0 Å². The SMILES string of the molecule is Cc1c(N)cccc1NS(=O)(=O)c1ccc(C#N)cc1Cl. The van der Waals surface area contributed by atoms with Crippen molar-refractivity contribution in [1.82, 2.24) is 0 Å². The van der Waals surface area contributed by atoms with Crippen molar-refractivity contribution in [3.05, 3.63) is 52.5 Å². The minimum absolute atomic E-state index is 0.0110. The number of sulfonamides is 1. The Morgan fingerprint density at radius 1 is 1.29 bits per heavy atom. The van der Waals surface area contributed by atoms with Crippen LogP contribution in [0.3, 0.4) is 0 Å². The molecule has 0 unspecified atom stereocenters. The maximum Gasteiger partial charge on any atom is 0.263 e. The van der Waals surface area contributed by atoms with Crippen LogP contribution in [0, 0.1) is 18.3 Å². The second-order valence-electron chi connectivity index (χ2n) is 4.38. The molecule has 3 N–H and O–H groups in total. The van der Waals surface area contributed by atoms with Gasteiger partial charge in [0.1, 0.15) is 4.90 Å². The van der Waals surface area contributed by atoms with Crippen LogP contribution in [0.4, 0.5) is 11.4 Å². The fourth-order valence-electron chi connectivity index (χ4n) is 1.75. The van der Waals surface area contributed by atoms with Gasteiger partial charge in [0.2, 0.25) is 0 Å². The maximum atomic E-state index is 12.4. The quantitative estimate of drug-likeness (QED) is 0.849. The van der Waals surface area contributed by atoms with E-state index in [0.717, 1.165) is 0 Å². The molecule has 0 atom stereocenters. The zero-order valence-corrected chi connectivity index (χ0v) is 12.7. The van der Waals surface area contributed by atoms with E-state index in [9.17, 15) is 8.42 Å². The molecule has 0 fully saturated rings. The van der Waals surface area contributed by atoms with Gasteiger partial charge in [-0.3, -0.25) is 4.72 Å². The first-order valence-electron chi connectivity index (χ1n) is 5.92. The molecule has 2 aromatic carbocycles. The van der Waals surface area contributed by atoms with Gasteiger partial charge in [0, 0.05) is 5.69 Å². The van der Waals surface area contributed by atoms with E-state index in [4.69, 9.17) is 22.6 Å². The molecule has 0 heterocycles. The number of halogens is 1. The molecule has 0 aromatic heterocycles. The summed E-state index contributed by atoms with van der Waals surface area (Å²) in [5.41, 5.74) is 7.54. The Balaban J connectivity index is 2.44.